The molecule has 4 heteroatoms. The lowest BCUT2D eigenvalue weighted by Gasteiger charge is -2.25. The van der Waals surface area contributed by atoms with E-state index >= 15 is 0 Å². The van der Waals surface area contributed by atoms with Gasteiger partial charge in [0.2, 0.25) is 0 Å². The van der Waals surface area contributed by atoms with Crippen LogP contribution in [-0.4, -0.2) is 30.7 Å². The summed E-state index contributed by atoms with van der Waals surface area (Å²) in [7, 11) is 0. The van der Waals surface area contributed by atoms with Gasteiger partial charge in [-0.05, 0) is 24.5 Å². The lowest BCUT2D eigenvalue weighted by Crippen LogP contribution is -2.34. The molecule has 0 aromatic carbocycles. The van der Waals surface area contributed by atoms with Crippen LogP contribution in [0, 0.1) is 5.92 Å². The zero-order chi connectivity index (χ0) is 10.3. The van der Waals surface area contributed by atoms with Crippen molar-refractivity contribution >= 4 is 17.4 Å². The summed E-state index contributed by atoms with van der Waals surface area (Å²) in [6, 6.07) is 4.39. The molecule has 1 aromatic rings. The first-order valence-corrected chi connectivity index (χ1v) is 5.82. The number of pyridine rings is 1. The van der Waals surface area contributed by atoms with Crippen molar-refractivity contribution in [2.75, 3.05) is 24.5 Å². The number of anilines is 1. The molecule has 3 nitrogen and oxygen atoms in total. The van der Waals surface area contributed by atoms with Gasteiger partial charge in [-0.3, -0.25) is 0 Å². The second kappa shape index (κ2) is 3.65. The van der Waals surface area contributed by atoms with Crippen LogP contribution in [0.2, 0.25) is 5.02 Å². The molecule has 2 atom stereocenters. The number of nitrogens with zero attached hydrogens (tertiary/aromatic N) is 2. The van der Waals surface area contributed by atoms with E-state index in [4.69, 9.17) is 11.6 Å². The first kappa shape index (κ1) is 9.43. The predicted molar refractivity (Wildman–Crippen MR) is 61.4 cm³/mol. The summed E-state index contributed by atoms with van der Waals surface area (Å²) >= 11 is 6.17. The summed E-state index contributed by atoms with van der Waals surface area (Å²) in [5.41, 5.74) is 0. The average Bonchev–Trinajstić information content (AvgIpc) is 2.80. The minimum Gasteiger partial charge on any atom is -0.351 e. The summed E-state index contributed by atoms with van der Waals surface area (Å²) in [6.07, 6.45) is 3.07. The third kappa shape index (κ3) is 1.50. The number of aromatic nitrogens is 1. The summed E-state index contributed by atoms with van der Waals surface area (Å²) in [4.78, 5) is 6.74. The molecule has 3 rings (SSSR count). The van der Waals surface area contributed by atoms with E-state index in [2.05, 4.69) is 15.2 Å². The minimum absolute atomic E-state index is 0.595. The third-order valence-corrected chi connectivity index (χ3v) is 3.75. The van der Waals surface area contributed by atoms with Crippen molar-refractivity contribution < 1.29 is 0 Å². The lowest BCUT2D eigenvalue weighted by molar-refractivity contribution is 0.577. The van der Waals surface area contributed by atoms with Crippen molar-refractivity contribution in [2.45, 2.75) is 12.5 Å². The highest BCUT2D eigenvalue weighted by atomic mass is 35.5. The number of hydrogen-bond donors (Lipinski definition) is 1. The lowest BCUT2D eigenvalue weighted by atomic mass is 10.1. The zero-order valence-electron chi connectivity index (χ0n) is 8.49. The predicted octanol–water partition coefficient (Wildman–Crippen LogP) is 1.53. The van der Waals surface area contributed by atoms with Crippen LogP contribution in [0.3, 0.4) is 0 Å². The molecular formula is C11H14ClN3. The van der Waals surface area contributed by atoms with Gasteiger partial charge in [0.05, 0.1) is 5.02 Å². The average molecular weight is 224 g/mol. The van der Waals surface area contributed by atoms with Crippen molar-refractivity contribution in [3.63, 3.8) is 0 Å². The molecule has 80 valence electrons. The molecular weight excluding hydrogens is 210 g/mol. The van der Waals surface area contributed by atoms with Crippen LogP contribution in [0.15, 0.2) is 18.3 Å². The van der Waals surface area contributed by atoms with Crippen molar-refractivity contribution in [2.24, 2.45) is 5.92 Å². The molecule has 1 aromatic heterocycles. The SMILES string of the molecule is Clc1cccnc1N1CC[C@H]2CNC[C@H]21. The molecule has 2 saturated heterocycles. The van der Waals surface area contributed by atoms with Gasteiger partial charge in [0, 0.05) is 31.9 Å². The number of hydrogen-bond acceptors (Lipinski definition) is 3. The normalized spacial score (nSPS) is 29.5. The molecule has 0 radical (unpaired) electrons. The van der Waals surface area contributed by atoms with Crippen LogP contribution in [0.4, 0.5) is 5.82 Å². The minimum atomic E-state index is 0.595. The first-order chi connectivity index (χ1) is 7.36. The second-order valence-corrected chi connectivity index (χ2v) is 4.68. The van der Waals surface area contributed by atoms with Crippen LogP contribution in [0.1, 0.15) is 6.42 Å². The maximum atomic E-state index is 6.17. The maximum Gasteiger partial charge on any atom is 0.147 e. The quantitative estimate of drug-likeness (QED) is 0.783. The van der Waals surface area contributed by atoms with Crippen molar-refractivity contribution in [1.82, 2.24) is 10.3 Å². The fourth-order valence-electron chi connectivity index (χ4n) is 2.70. The molecule has 1 N–H and O–H groups in total. The van der Waals surface area contributed by atoms with Crippen LogP contribution < -0.4 is 10.2 Å². The standard InChI is InChI=1S/C11H14ClN3/c12-9-2-1-4-14-11(9)15-5-3-8-6-13-7-10(8)15/h1-2,4,8,10,13H,3,5-7H2/t8-,10+/m0/s1. The van der Waals surface area contributed by atoms with Crippen molar-refractivity contribution in [3.8, 4) is 0 Å². The van der Waals surface area contributed by atoms with E-state index in [0.717, 1.165) is 36.4 Å². The van der Waals surface area contributed by atoms with Crippen LogP contribution in [-0.2, 0) is 0 Å². The molecule has 2 aliphatic heterocycles. The van der Waals surface area contributed by atoms with Crippen molar-refractivity contribution in [3.05, 3.63) is 23.4 Å². The topological polar surface area (TPSA) is 28.2 Å². The van der Waals surface area contributed by atoms with Gasteiger partial charge in [0.1, 0.15) is 5.82 Å². The molecule has 0 spiro atoms. The summed E-state index contributed by atoms with van der Waals surface area (Å²) in [5.74, 6) is 1.73. The number of fused-ring (bicyclic) bond motifs is 1. The van der Waals surface area contributed by atoms with Gasteiger partial charge in [-0.15, -0.1) is 0 Å². The van der Waals surface area contributed by atoms with Gasteiger partial charge < -0.3 is 10.2 Å². The summed E-state index contributed by atoms with van der Waals surface area (Å²) in [5, 5.41) is 4.20. The van der Waals surface area contributed by atoms with E-state index in [1.54, 1.807) is 0 Å². The van der Waals surface area contributed by atoms with Crippen LogP contribution >= 0.6 is 11.6 Å². The van der Waals surface area contributed by atoms with E-state index < -0.39 is 0 Å². The van der Waals surface area contributed by atoms with E-state index in [9.17, 15) is 0 Å². The molecule has 3 heterocycles. The number of nitrogens with one attached hydrogen (secondary N) is 1. The van der Waals surface area contributed by atoms with E-state index in [-0.39, 0.29) is 0 Å². The Bertz CT molecular complexity index is 369. The maximum absolute atomic E-state index is 6.17. The Hall–Kier alpha value is -0.800. The molecule has 2 fully saturated rings. The molecule has 0 aliphatic carbocycles. The van der Waals surface area contributed by atoms with E-state index in [1.807, 2.05) is 18.3 Å². The number of halogens is 1. The third-order valence-electron chi connectivity index (χ3n) is 3.46. The number of rotatable bonds is 1. The Morgan fingerprint density at radius 2 is 2.40 bits per heavy atom. The van der Waals surface area contributed by atoms with Gasteiger partial charge in [0.15, 0.2) is 0 Å². The van der Waals surface area contributed by atoms with E-state index in [1.165, 1.54) is 6.42 Å². The Morgan fingerprint density at radius 1 is 1.47 bits per heavy atom. The Kier molecular flexibility index (Phi) is 2.29. The molecule has 0 saturated carbocycles. The molecule has 2 aliphatic rings. The zero-order valence-corrected chi connectivity index (χ0v) is 9.24. The van der Waals surface area contributed by atoms with Gasteiger partial charge in [-0.1, -0.05) is 11.6 Å². The molecule has 0 unspecified atom stereocenters. The Balaban J connectivity index is 1.91. The molecule has 0 bridgehead atoms. The van der Waals surface area contributed by atoms with E-state index in [0.29, 0.717) is 6.04 Å². The Labute approximate surface area is 94.4 Å². The van der Waals surface area contributed by atoms with Gasteiger partial charge in [-0.25, -0.2) is 4.98 Å². The second-order valence-electron chi connectivity index (χ2n) is 4.28. The smallest absolute Gasteiger partial charge is 0.147 e. The fraction of sp³-hybridized carbons (Fsp3) is 0.545. The summed E-state index contributed by atoms with van der Waals surface area (Å²) in [6.45, 7) is 3.30. The molecule has 15 heavy (non-hydrogen) atoms. The van der Waals surface area contributed by atoms with Gasteiger partial charge >= 0.3 is 0 Å². The van der Waals surface area contributed by atoms with Crippen LogP contribution in [0.25, 0.3) is 0 Å². The highest BCUT2D eigenvalue weighted by Crippen LogP contribution is 2.33. The Morgan fingerprint density at radius 3 is 3.27 bits per heavy atom. The molecule has 0 amide bonds. The largest absolute Gasteiger partial charge is 0.351 e. The van der Waals surface area contributed by atoms with Crippen LogP contribution in [0.5, 0.6) is 0 Å². The highest BCUT2D eigenvalue weighted by molar-refractivity contribution is 6.32. The van der Waals surface area contributed by atoms with Gasteiger partial charge in [-0.2, -0.15) is 0 Å². The summed E-state index contributed by atoms with van der Waals surface area (Å²) < 4.78 is 0. The van der Waals surface area contributed by atoms with Gasteiger partial charge in [0.25, 0.3) is 0 Å². The monoisotopic (exact) mass is 223 g/mol. The fourth-order valence-corrected chi connectivity index (χ4v) is 2.93. The first-order valence-electron chi connectivity index (χ1n) is 5.44. The highest BCUT2D eigenvalue weighted by Gasteiger charge is 2.38. The van der Waals surface area contributed by atoms with Crippen molar-refractivity contribution in [1.29, 1.82) is 0 Å².